The summed E-state index contributed by atoms with van der Waals surface area (Å²) in [5, 5.41) is 2.26. The largest absolute Gasteiger partial charge is 0.493 e. The molecule has 3 rings (SSSR count). The zero-order chi connectivity index (χ0) is 14.8. The fourth-order valence-electron chi connectivity index (χ4n) is 2.39. The predicted molar refractivity (Wildman–Crippen MR) is 83.1 cm³/mol. The van der Waals surface area contributed by atoms with Gasteiger partial charge in [0.05, 0.1) is 25.5 Å². The second kappa shape index (κ2) is 5.58. The minimum absolute atomic E-state index is 0.196. The summed E-state index contributed by atoms with van der Waals surface area (Å²) in [6.45, 7) is 0. The summed E-state index contributed by atoms with van der Waals surface area (Å²) < 4.78 is 11.0. The van der Waals surface area contributed by atoms with Crippen molar-refractivity contribution in [3.05, 3.63) is 47.9 Å². The first kappa shape index (κ1) is 13.6. The third-order valence-electron chi connectivity index (χ3n) is 3.27. The minimum Gasteiger partial charge on any atom is -0.493 e. The van der Waals surface area contributed by atoms with E-state index in [1.807, 2.05) is 30.3 Å². The maximum atomic E-state index is 5.92. The molecule has 2 aromatic carbocycles. The Kier molecular flexibility index (Phi) is 3.62. The molecule has 0 atom stereocenters. The Bertz CT molecular complexity index is 805. The van der Waals surface area contributed by atoms with Crippen LogP contribution < -0.4 is 9.47 Å². The Morgan fingerprint density at radius 1 is 1.05 bits per heavy atom. The van der Waals surface area contributed by atoms with E-state index in [4.69, 9.17) is 21.1 Å². The molecule has 5 heteroatoms. The lowest BCUT2D eigenvalue weighted by Gasteiger charge is -2.15. The van der Waals surface area contributed by atoms with Gasteiger partial charge in [-0.2, -0.15) is 0 Å². The van der Waals surface area contributed by atoms with Crippen molar-refractivity contribution in [2.75, 3.05) is 14.2 Å². The molecule has 0 unspecified atom stereocenters. The first-order chi connectivity index (χ1) is 10.2. The number of aromatic nitrogens is 2. The molecule has 21 heavy (non-hydrogen) atoms. The van der Waals surface area contributed by atoms with Crippen LogP contribution >= 0.6 is 11.6 Å². The third kappa shape index (κ3) is 2.38. The van der Waals surface area contributed by atoms with Crippen LogP contribution in [0, 0.1) is 0 Å². The standard InChI is InChI=1S/C16H13ClN2O2/c1-20-13-9-10-5-3-4-6-11(10)14(15(13)21-2)12-7-8-18-16(17)19-12/h3-9H,1-2H3. The lowest BCUT2D eigenvalue weighted by atomic mass is 10.00. The van der Waals surface area contributed by atoms with Crippen molar-refractivity contribution >= 4 is 22.4 Å². The van der Waals surface area contributed by atoms with Gasteiger partial charge < -0.3 is 9.47 Å². The van der Waals surface area contributed by atoms with Crippen molar-refractivity contribution < 1.29 is 9.47 Å². The summed E-state index contributed by atoms with van der Waals surface area (Å²) >= 11 is 5.92. The molecule has 1 aromatic heterocycles. The summed E-state index contributed by atoms with van der Waals surface area (Å²) in [5.74, 6) is 1.28. The molecule has 0 amide bonds. The van der Waals surface area contributed by atoms with Gasteiger partial charge in [0.1, 0.15) is 0 Å². The molecule has 0 saturated heterocycles. The molecule has 0 spiro atoms. The van der Waals surface area contributed by atoms with Gasteiger partial charge in [-0.25, -0.2) is 9.97 Å². The van der Waals surface area contributed by atoms with Crippen molar-refractivity contribution in [1.29, 1.82) is 0 Å². The monoisotopic (exact) mass is 300 g/mol. The summed E-state index contributed by atoms with van der Waals surface area (Å²) in [5.41, 5.74) is 1.54. The van der Waals surface area contributed by atoms with E-state index in [-0.39, 0.29) is 5.28 Å². The molecule has 0 saturated carbocycles. The highest BCUT2D eigenvalue weighted by atomic mass is 35.5. The number of hydrogen-bond acceptors (Lipinski definition) is 4. The Morgan fingerprint density at radius 2 is 1.86 bits per heavy atom. The molecule has 4 nitrogen and oxygen atoms in total. The van der Waals surface area contributed by atoms with Crippen LogP contribution in [0.1, 0.15) is 0 Å². The van der Waals surface area contributed by atoms with E-state index in [0.29, 0.717) is 17.2 Å². The van der Waals surface area contributed by atoms with Gasteiger partial charge in [0, 0.05) is 6.20 Å². The average molecular weight is 301 g/mol. The lowest BCUT2D eigenvalue weighted by molar-refractivity contribution is 0.357. The fourth-order valence-corrected chi connectivity index (χ4v) is 2.53. The van der Waals surface area contributed by atoms with Gasteiger partial charge in [-0.1, -0.05) is 24.3 Å². The van der Waals surface area contributed by atoms with Crippen LogP contribution in [0.15, 0.2) is 42.6 Å². The molecule has 0 aliphatic heterocycles. The average Bonchev–Trinajstić information content (AvgIpc) is 2.52. The number of nitrogens with zero attached hydrogens (tertiary/aromatic N) is 2. The molecular weight excluding hydrogens is 288 g/mol. The maximum Gasteiger partial charge on any atom is 0.222 e. The van der Waals surface area contributed by atoms with Crippen molar-refractivity contribution in [2.24, 2.45) is 0 Å². The Morgan fingerprint density at radius 3 is 2.57 bits per heavy atom. The molecular formula is C16H13ClN2O2. The summed E-state index contributed by atoms with van der Waals surface area (Å²) in [6, 6.07) is 11.7. The van der Waals surface area contributed by atoms with Crippen LogP contribution in [0.25, 0.3) is 22.0 Å². The smallest absolute Gasteiger partial charge is 0.222 e. The summed E-state index contributed by atoms with van der Waals surface area (Å²) in [7, 11) is 3.22. The number of rotatable bonds is 3. The Labute approximate surface area is 127 Å². The van der Waals surface area contributed by atoms with Crippen molar-refractivity contribution in [1.82, 2.24) is 9.97 Å². The van der Waals surface area contributed by atoms with E-state index in [9.17, 15) is 0 Å². The van der Waals surface area contributed by atoms with Crippen LogP contribution in [0.3, 0.4) is 0 Å². The second-order valence-corrected chi connectivity index (χ2v) is 4.76. The van der Waals surface area contributed by atoms with Gasteiger partial charge >= 0.3 is 0 Å². The van der Waals surface area contributed by atoms with Crippen molar-refractivity contribution in [2.45, 2.75) is 0 Å². The van der Waals surface area contributed by atoms with Crippen LogP contribution in [0.5, 0.6) is 11.5 Å². The number of hydrogen-bond donors (Lipinski definition) is 0. The van der Waals surface area contributed by atoms with Gasteiger partial charge in [-0.15, -0.1) is 0 Å². The van der Waals surface area contributed by atoms with E-state index in [0.717, 1.165) is 16.3 Å². The molecule has 0 aliphatic rings. The third-order valence-corrected chi connectivity index (χ3v) is 3.46. The number of fused-ring (bicyclic) bond motifs is 1. The highest BCUT2D eigenvalue weighted by Gasteiger charge is 2.17. The maximum absolute atomic E-state index is 5.92. The molecule has 0 aliphatic carbocycles. The summed E-state index contributed by atoms with van der Waals surface area (Å²) in [4.78, 5) is 8.22. The van der Waals surface area contributed by atoms with E-state index in [1.54, 1.807) is 26.5 Å². The zero-order valence-corrected chi connectivity index (χ0v) is 12.4. The number of ether oxygens (including phenoxy) is 2. The normalized spacial score (nSPS) is 10.6. The minimum atomic E-state index is 0.196. The lowest BCUT2D eigenvalue weighted by Crippen LogP contribution is -1.96. The van der Waals surface area contributed by atoms with E-state index in [1.165, 1.54) is 0 Å². The SMILES string of the molecule is COc1cc2ccccc2c(-c2ccnc(Cl)n2)c1OC. The van der Waals surface area contributed by atoms with Gasteiger partial charge in [0.2, 0.25) is 5.28 Å². The zero-order valence-electron chi connectivity index (χ0n) is 11.6. The Hall–Kier alpha value is -2.33. The summed E-state index contributed by atoms with van der Waals surface area (Å²) in [6.07, 6.45) is 1.62. The quantitative estimate of drug-likeness (QED) is 0.687. The van der Waals surface area contributed by atoms with Crippen molar-refractivity contribution in [3.8, 4) is 22.8 Å². The molecule has 0 radical (unpaired) electrons. The Balaban J connectivity index is 2.42. The molecule has 0 fully saturated rings. The number of halogens is 1. The van der Waals surface area contributed by atoms with Crippen LogP contribution in [-0.4, -0.2) is 24.2 Å². The predicted octanol–water partition coefficient (Wildman–Crippen LogP) is 3.97. The highest BCUT2D eigenvalue weighted by molar-refractivity contribution is 6.28. The molecule has 106 valence electrons. The topological polar surface area (TPSA) is 44.2 Å². The van der Waals surface area contributed by atoms with Gasteiger partial charge in [0.25, 0.3) is 0 Å². The van der Waals surface area contributed by atoms with E-state index < -0.39 is 0 Å². The fraction of sp³-hybridized carbons (Fsp3) is 0.125. The van der Waals surface area contributed by atoms with Gasteiger partial charge in [-0.05, 0) is 34.5 Å². The van der Waals surface area contributed by atoms with Gasteiger partial charge in [0.15, 0.2) is 11.5 Å². The molecule has 1 heterocycles. The van der Waals surface area contributed by atoms with E-state index >= 15 is 0 Å². The van der Waals surface area contributed by atoms with Crippen LogP contribution in [-0.2, 0) is 0 Å². The highest BCUT2D eigenvalue weighted by Crippen LogP contribution is 2.43. The van der Waals surface area contributed by atoms with E-state index in [2.05, 4.69) is 9.97 Å². The first-order valence-corrected chi connectivity index (χ1v) is 6.75. The van der Waals surface area contributed by atoms with Crippen LogP contribution in [0.2, 0.25) is 5.28 Å². The van der Waals surface area contributed by atoms with Crippen LogP contribution in [0.4, 0.5) is 0 Å². The first-order valence-electron chi connectivity index (χ1n) is 6.37. The molecule has 0 bridgehead atoms. The molecule has 3 aromatic rings. The number of methoxy groups -OCH3 is 2. The van der Waals surface area contributed by atoms with Gasteiger partial charge in [-0.3, -0.25) is 0 Å². The second-order valence-electron chi connectivity index (χ2n) is 4.42. The van der Waals surface area contributed by atoms with Crippen molar-refractivity contribution in [3.63, 3.8) is 0 Å². The molecule has 0 N–H and O–H groups in total. The number of benzene rings is 2.